The molecule has 1 aliphatic rings. The molecule has 27 heavy (non-hydrogen) atoms. The van der Waals surface area contributed by atoms with Crippen LogP contribution in [0.25, 0.3) is 11.3 Å². The van der Waals surface area contributed by atoms with Gasteiger partial charge in [-0.1, -0.05) is 84.2 Å². The van der Waals surface area contributed by atoms with Gasteiger partial charge in [0, 0.05) is 12.0 Å². The van der Waals surface area contributed by atoms with Crippen molar-refractivity contribution in [1.82, 2.24) is 0 Å². The third kappa shape index (κ3) is 8.50. The summed E-state index contributed by atoms with van der Waals surface area (Å²) in [6.07, 6.45) is 10.1. The first-order chi connectivity index (χ1) is 13.1. The lowest BCUT2D eigenvalue weighted by molar-refractivity contribution is -0.107. The number of esters is 1. The lowest BCUT2D eigenvalue weighted by Gasteiger charge is -2.07. The number of carbonyl (C=O) groups is 2. The van der Waals surface area contributed by atoms with E-state index in [2.05, 4.69) is 13.2 Å². The highest BCUT2D eigenvalue weighted by molar-refractivity contribution is 6.05. The van der Waals surface area contributed by atoms with E-state index in [4.69, 9.17) is 4.74 Å². The van der Waals surface area contributed by atoms with Gasteiger partial charge in [0.1, 0.15) is 12.0 Å². The fourth-order valence-electron chi connectivity index (χ4n) is 2.14. The number of hydrogen-bond acceptors (Lipinski definition) is 3. The SMILES string of the molecule is C=C/C=C(\C=C\C)c1cccc2c1C(=C)OC2=O.CC.CC.CCCC=O. The third-order valence-corrected chi connectivity index (χ3v) is 3.14. The molecule has 0 unspecified atom stereocenters. The zero-order valence-electron chi connectivity index (χ0n) is 17.7. The highest BCUT2D eigenvalue weighted by atomic mass is 16.5. The molecular weight excluding hydrogens is 336 g/mol. The second-order valence-corrected chi connectivity index (χ2v) is 4.85. The van der Waals surface area contributed by atoms with Crippen LogP contribution in [0.3, 0.4) is 0 Å². The molecule has 0 atom stereocenters. The Bertz CT molecular complexity index is 664. The monoisotopic (exact) mass is 370 g/mol. The van der Waals surface area contributed by atoms with Crippen LogP contribution in [0, 0.1) is 0 Å². The predicted octanol–water partition coefficient (Wildman–Crippen LogP) is 7.01. The Morgan fingerprint density at radius 2 is 1.81 bits per heavy atom. The van der Waals surface area contributed by atoms with E-state index in [1.165, 1.54) is 0 Å². The van der Waals surface area contributed by atoms with Crippen molar-refractivity contribution in [3.8, 4) is 0 Å². The third-order valence-electron chi connectivity index (χ3n) is 3.14. The van der Waals surface area contributed by atoms with E-state index in [9.17, 15) is 9.59 Å². The van der Waals surface area contributed by atoms with Crippen LogP contribution >= 0.6 is 0 Å². The van der Waals surface area contributed by atoms with Crippen LogP contribution in [0.2, 0.25) is 0 Å². The van der Waals surface area contributed by atoms with Gasteiger partial charge >= 0.3 is 5.97 Å². The number of hydrogen-bond donors (Lipinski definition) is 0. The maximum atomic E-state index is 11.6. The average Bonchev–Trinajstić information content (AvgIpc) is 3.00. The summed E-state index contributed by atoms with van der Waals surface area (Å²) in [4.78, 5) is 21.0. The van der Waals surface area contributed by atoms with E-state index in [1.54, 1.807) is 12.1 Å². The molecule has 3 nitrogen and oxygen atoms in total. The minimum absolute atomic E-state index is 0.338. The summed E-state index contributed by atoms with van der Waals surface area (Å²) in [7, 11) is 0. The van der Waals surface area contributed by atoms with Crippen LogP contribution in [0.15, 0.2) is 55.7 Å². The lowest BCUT2D eigenvalue weighted by Crippen LogP contribution is -1.94. The fourth-order valence-corrected chi connectivity index (χ4v) is 2.14. The van der Waals surface area contributed by atoms with E-state index < -0.39 is 0 Å². The highest BCUT2D eigenvalue weighted by Gasteiger charge is 2.27. The van der Waals surface area contributed by atoms with Crippen LogP contribution in [-0.2, 0) is 9.53 Å². The maximum absolute atomic E-state index is 11.6. The number of benzene rings is 1. The molecule has 0 saturated carbocycles. The maximum Gasteiger partial charge on any atom is 0.344 e. The number of fused-ring (bicyclic) bond motifs is 1. The number of carbonyl (C=O) groups excluding carboxylic acids is 2. The molecule has 0 saturated heterocycles. The summed E-state index contributed by atoms with van der Waals surface area (Å²) in [5.74, 6) is 0.0698. The second-order valence-electron chi connectivity index (χ2n) is 4.85. The first-order valence-electron chi connectivity index (χ1n) is 9.54. The van der Waals surface area contributed by atoms with Crippen molar-refractivity contribution in [2.75, 3.05) is 0 Å². The quantitative estimate of drug-likeness (QED) is 0.318. The van der Waals surface area contributed by atoms with Crippen LogP contribution in [0.4, 0.5) is 0 Å². The Balaban J connectivity index is 0. The minimum Gasteiger partial charge on any atom is -0.423 e. The summed E-state index contributed by atoms with van der Waals surface area (Å²) < 4.78 is 5.07. The fraction of sp³-hybridized carbons (Fsp3) is 0.333. The molecule has 148 valence electrons. The molecule has 3 heteroatoms. The first kappa shape index (κ1) is 26.5. The largest absolute Gasteiger partial charge is 0.423 e. The van der Waals surface area contributed by atoms with Gasteiger partial charge in [-0.05, 0) is 30.5 Å². The topological polar surface area (TPSA) is 43.4 Å². The van der Waals surface area contributed by atoms with E-state index in [-0.39, 0.29) is 5.97 Å². The predicted molar refractivity (Wildman–Crippen MR) is 118 cm³/mol. The summed E-state index contributed by atoms with van der Waals surface area (Å²) >= 11 is 0. The summed E-state index contributed by atoms with van der Waals surface area (Å²) in [5, 5.41) is 0. The molecule has 0 fully saturated rings. The zero-order chi connectivity index (χ0) is 21.2. The highest BCUT2D eigenvalue weighted by Crippen LogP contribution is 2.35. The van der Waals surface area contributed by atoms with Crippen molar-refractivity contribution in [2.45, 2.75) is 54.4 Å². The first-order valence-corrected chi connectivity index (χ1v) is 9.54. The number of cyclic esters (lactones) is 1. The molecule has 1 heterocycles. The van der Waals surface area contributed by atoms with Crippen molar-refractivity contribution in [3.63, 3.8) is 0 Å². The molecular formula is C24H34O3. The van der Waals surface area contributed by atoms with Gasteiger partial charge in [-0.15, -0.1) is 0 Å². The Hall–Kier alpha value is -2.68. The number of aldehydes is 1. The molecule has 0 aromatic heterocycles. The molecule has 0 N–H and O–H groups in total. The Labute approximate surface area is 165 Å². The molecule has 0 radical (unpaired) electrons. The van der Waals surface area contributed by atoms with Gasteiger partial charge in [-0.3, -0.25) is 0 Å². The van der Waals surface area contributed by atoms with Gasteiger partial charge in [-0.25, -0.2) is 4.79 Å². The van der Waals surface area contributed by atoms with Gasteiger partial charge < -0.3 is 9.53 Å². The van der Waals surface area contributed by atoms with Crippen molar-refractivity contribution >= 4 is 23.6 Å². The van der Waals surface area contributed by atoms with Crippen LogP contribution in [0.1, 0.15) is 75.9 Å². The van der Waals surface area contributed by atoms with Gasteiger partial charge in [0.05, 0.1) is 5.56 Å². The Morgan fingerprint density at radius 1 is 1.19 bits per heavy atom. The van der Waals surface area contributed by atoms with Gasteiger partial charge in [0.25, 0.3) is 0 Å². The number of unbranched alkanes of at least 4 members (excludes halogenated alkanes) is 1. The number of ether oxygens (including phenoxy) is 1. The van der Waals surface area contributed by atoms with E-state index in [1.807, 2.05) is 71.9 Å². The van der Waals surface area contributed by atoms with E-state index in [0.717, 1.165) is 29.4 Å². The van der Waals surface area contributed by atoms with Crippen LogP contribution < -0.4 is 0 Å². The van der Waals surface area contributed by atoms with E-state index in [0.29, 0.717) is 17.7 Å². The van der Waals surface area contributed by atoms with Crippen molar-refractivity contribution in [1.29, 1.82) is 0 Å². The van der Waals surface area contributed by atoms with Gasteiger partial charge in [-0.2, -0.15) is 0 Å². The summed E-state index contributed by atoms with van der Waals surface area (Å²) in [6, 6.07) is 5.54. The minimum atomic E-state index is -0.338. The Kier molecular flexibility index (Phi) is 16.5. The molecule has 0 aliphatic carbocycles. The number of rotatable bonds is 5. The van der Waals surface area contributed by atoms with Crippen LogP contribution in [0.5, 0.6) is 0 Å². The molecule has 0 amide bonds. The van der Waals surface area contributed by atoms with Crippen molar-refractivity contribution in [2.24, 2.45) is 0 Å². The van der Waals surface area contributed by atoms with Gasteiger partial charge in [0.15, 0.2) is 0 Å². The average molecular weight is 371 g/mol. The van der Waals surface area contributed by atoms with Crippen LogP contribution in [-0.4, -0.2) is 12.3 Å². The van der Waals surface area contributed by atoms with E-state index >= 15 is 0 Å². The standard InChI is InChI=1S/C16H14O2.C4H8O.2C2H6/c1-4-7-12(8-5-2)13-9-6-10-14-15(13)11(3)18-16(14)17;1-2-3-4-5;2*1-2/h4-10H,1,3H2,2H3;4H,2-3H2,1H3;2*1-2H3/b8-5+,12-7+;;;. The Morgan fingerprint density at radius 3 is 2.26 bits per heavy atom. The normalized spacial score (nSPS) is 11.7. The zero-order valence-corrected chi connectivity index (χ0v) is 17.7. The second kappa shape index (κ2) is 16.8. The lowest BCUT2D eigenvalue weighted by atomic mass is 9.95. The molecule has 0 spiro atoms. The molecule has 1 aromatic carbocycles. The summed E-state index contributed by atoms with van der Waals surface area (Å²) in [6.45, 7) is 19.4. The van der Waals surface area contributed by atoms with Gasteiger partial charge in [0.2, 0.25) is 0 Å². The molecule has 1 aromatic rings. The molecule has 2 rings (SSSR count). The number of allylic oxidation sites excluding steroid dienone is 5. The smallest absolute Gasteiger partial charge is 0.344 e. The molecule has 0 bridgehead atoms. The molecule has 1 aliphatic heterocycles. The van der Waals surface area contributed by atoms with Crippen molar-refractivity contribution in [3.05, 3.63) is 72.4 Å². The summed E-state index contributed by atoms with van der Waals surface area (Å²) in [5.41, 5.74) is 3.25. The van der Waals surface area contributed by atoms with Crippen molar-refractivity contribution < 1.29 is 14.3 Å².